The highest BCUT2D eigenvalue weighted by molar-refractivity contribution is 6.35. The van der Waals surface area contributed by atoms with Gasteiger partial charge in [-0.3, -0.25) is 4.79 Å². The molecule has 1 aliphatic rings. The first kappa shape index (κ1) is 13.7. The van der Waals surface area contributed by atoms with Gasteiger partial charge >= 0.3 is 0 Å². The molecule has 3 nitrogen and oxygen atoms in total. The van der Waals surface area contributed by atoms with E-state index in [1.165, 1.54) is 0 Å². The Balaban J connectivity index is 1.89. The third-order valence-corrected chi connectivity index (χ3v) is 3.79. The monoisotopic (exact) mass is 286 g/mol. The van der Waals surface area contributed by atoms with E-state index in [1.54, 1.807) is 12.1 Å². The number of aryl methyl sites for hydroxylation is 1. The molecule has 0 radical (unpaired) electrons. The summed E-state index contributed by atoms with van der Waals surface area (Å²) < 4.78 is 0. The van der Waals surface area contributed by atoms with Crippen molar-refractivity contribution in [1.82, 2.24) is 4.90 Å². The number of hydrogen-bond donors (Lipinski definition) is 1. The highest BCUT2D eigenvalue weighted by Gasteiger charge is 2.23. The maximum Gasteiger partial charge on any atom is 0.222 e. The lowest BCUT2D eigenvalue weighted by atomic mass is 10.1. The first-order chi connectivity index (χ1) is 8.56. The molecule has 0 spiro atoms. The van der Waals surface area contributed by atoms with Crippen LogP contribution in [0.25, 0.3) is 0 Å². The molecule has 1 heterocycles. The SMILES string of the molecule is N[C@H]1CCN(C(=O)CCc2ccc(Cl)cc2Cl)C1. The van der Waals surface area contributed by atoms with Crippen molar-refractivity contribution < 1.29 is 4.79 Å². The van der Waals surface area contributed by atoms with Gasteiger partial charge in [-0.1, -0.05) is 29.3 Å². The molecule has 18 heavy (non-hydrogen) atoms. The van der Waals surface area contributed by atoms with Crippen LogP contribution in [0.15, 0.2) is 18.2 Å². The van der Waals surface area contributed by atoms with Gasteiger partial charge in [-0.25, -0.2) is 0 Å². The standard InChI is InChI=1S/C13H16Cl2N2O/c14-10-3-1-9(12(15)7-10)2-4-13(18)17-6-5-11(16)8-17/h1,3,7,11H,2,4-6,8,16H2/t11-/m0/s1. The lowest BCUT2D eigenvalue weighted by Gasteiger charge is -2.15. The van der Waals surface area contributed by atoms with Crippen molar-refractivity contribution in [1.29, 1.82) is 0 Å². The van der Waals surface area contributed by atoms with Gasteiger partial charge in [0.05, 0.1) is 0 Å². The fourth-order valence-electron chi connectivity index (χ4n) is 2.14. The summed E-state index contributed by atoms with van der Waals surface area (Å²) in [5.41, 5.74) is 6.74. The normalized spacial score (nSPS) is 19.3. The second-order valence-corrected chi connectivity index (χ2v) is 5.47. The van der Waals surface area contributed by atoms with E-state index in [1.807, 2.05) is 11.0 Å². The average Bonchev–Trinajstić information content (AvgIpc) is 2.74. The second-order valence-electron chi connectivity index (χ2n) is 4.62. The Kier molecular flexibility index (Phi) is 4.49. The fourth-order valence-corrected chi connectivity index (χ4v) is 2.64. The summed E-state index contributed by atoms with van der Waals surface area (Å²) in [6, 6.07) is 5.49. The lowest BCUT2D eigenvalue weighted by molar-refractivity contribution is -0.130. The van der Waals surface area contributed by atoms with Crippen LogP contribution in [0.5, 0.6) is 0 Å². The Bertz CT molecular complexity index is 451. The molecule has 1 aromatic carbocycles. The Labute approximate surface area is 117 Å². The summed E-state index contributed by atoms with van der Waals surface area (Å²) in [6.45, 7) is 1.45. The van der Waals surface area contributed by atoms with Crippen molar-refractivity contribution in [3.63, 3.8) is 0 Å². The zero-order chi connectivity index (χ0) is 13.1. The number of rotatable bonds is 3. The highest BCUT2D eigenvalue weighted by atomic mass is 35.5. The molecule has 1 saturated heterocycles. The van der Waals surface area contributed by atoms with Crippen LogP contribution in [-0.2, 0) is 11.2 Å². The number of carbonyl (C=O) groups is 1. The zero-order valence-electron chi connectivity index (χ0n) is 10.0. The van der Waals surface area contributed by atoms with Gasteiger partial charge in [0, 0.05) is 35.6 Å². The van der Waals surface area contributed by atoms with Crippen molar-refractivity contribution >= 4 is 29.1 Å². The summed E-state index contributed by atoms with van der Waals surface area (Å²) in [4.78, 5) is 13.8. The summed E-state index contributed by atoms with van der Waals surface area (Å²) in [7, 11) is 0. The molecule has 1 aliphatic heterocycles. The summed E-state index contributed by atoms with van der Waals surface area (Å²) in [6.07, 6.45) is 2.00. The van der Waals surface area contributed by atoms with Gasteiger partial charge in [-0.15, -0.1) is 0 Å². The number of halogens is 2. The van der Waals surface area contributed by atoms with Gasteiger partial charge in [0.1, 0.15) is 0 Å². The molecule has 0 unspecified atom stereocenters. The number of nitrogens with two attached hydrogens (primary N) is 1. The minimum Gasteiger partial charge on any atom is -0.341 e. The fraction of sp³-hybridized carbons (Fsp3) is 0.462. The molecule has 0 aliphatic carbocycles. The van der Waals surface area contributed by atoms with Gasteiger partial charge in [-0.05, 0) is 30.5 Å². The first-order valence-electron chi connectivity index (χ1n) is 6.03. The summed E-state index contributed by atoms with van der Waals surface area (Å²) >= 11 is 11.9. The molecule has 0 aromatic heterocycles. The molecular formula is C13H16Cl2N2O. The third-order valence-electron chi connectivity index (χ3n) is 3.20. The minimum absolute atomic E-state index is 0.132. The molecular weight excluding hydrogens is 271 g/mol. The quantitative estimate of drug-likeness (QED) is 0.928. The second kappa shape index (κ2) is 5.91. The van der Waals surface area contributed by atoms with Crippen LogP contribution in [0.3, 0.4) is 0 Å². The molecule has 1 fully saturated rings. The smallest absolute Gasteiger partial charge is 0.222 e. The average molecular weight is 287 g/mol. The van der Waals surface area contributed by atoms with E-state index in [2.05, 4.69) is 0 Å². The van der Waals surface area contributed by atoms with Crippen molar-refractivity contribution in [2.75, 3.05) is 13.1 Å². The van der Waals surface area contributed by atoms with Crippen LogP contribution in [0, 0.1) is 0 Å². The molecule has 0 saturated carbocycles. The van der Waals surface area contributed by atoms with Crippen molar-refractivity contribution in [3.05, 3.63) is 33.8 Å². The van der Waals surface area contributed by atoms with E-state index >= 15 is 0 Å². The first-order valence-corrected chi connectivity index (χ1v) is 6.79. The van der Waals surface area contributed by atoms with Crippen LogP contribution in [-0.4, -0.2) is 29.9 Å². The van der Waals surface area contributed by atoms with E-state index in [9.17, 15) is 4.79 Å². The van der Waals surface area contributed by atoms with Crippen molar-refractivity contribution in [3.8, 4) is 0 Å². The molecule has 1 amide bonds. The topological polar surface area (TPSA) is 46.3 Å². The number of nitrogens with zero attached hydrogens (tertiary/aromatic N) is 1. The van der Waals surface area contributed by atoms with Crippen LogP contribution in [0.2, 0.25) is 10.0 Å². The van der Waals surface area contributed by atoms with Gasteiger partial charge in [0.15, 0.2) is 0 Å². The van der Waals surface area contributed by atoms with Gasteiger partial charge in [0.2, 0.25) is 5.91 Å². The highest BCUT2D eigenvalue weighted by Crippen LogP contribution is 2.22. The molecule has 5 heteroatoms. The predicted octanol–water partition coefficient (Wildman–Crippen LogP) is 2.49. The van der Waals surface area contributed by atoms with Crippen LogP contribution < -0.4 is 5.73 Å². The van der Waals surface area contributed by atoms with Gasteiger partial charge < -0.3 is 10.6 Å². The van der Waals surface area contributed by atoms with E-state index in [0.717, 1.165) is 18.5 Å². The maximum atomic E-state index is 11.9. The summed E-state index contributed by atoms with van der Waals surface area (Å²) in [5, 5.41) is 1.23. The lowest BCUT2D eigenvalue weighted by Crippen LogP contribution is -2.31. The van der Waals surface area contributed by atoms with E-state index in [4.69, 9.17) is 28.9 Å². The van der Waals surface area contributed by atoms with E-state index < -0.39 is 0 Å². The van der Waals surface area contributed by atoms with E-state index in [0.29, 0.717) is 29.4 Å². The zero-order valence-corrected chi connectivity index (χ0v) is 11.5. The molecule has 2 N–H and O–H groups in total. The number of hydrogen-bond acceptors (Lipinski definition) is 2. The minimum atomic E-state index is 0.132. The Morgan fingerprint density at radius 2 is 2.22 bits per heavy atom. The molecule has 1 atom stereocenters. The largest absolute Gasteiger partial charge is 0.341 e. The Morgan fingerprint density at radius 1 is 1.44 bits per heavy atom. The van der Waals surface area contributed by atoms with Crippen molar-refractivity contribution in [2.45, 2.75) is 25.3 Å². The number of likely N-dealkylation sites (tertiary alicyclic amines) is 1. The maximum absolute atomic E-state index is 11.9. The Morgan fingerprint density at radius 3 is 2.83 bits per heavy atom. The number of amides is 1. The molecule has 2 rings (SSSR count). The van der Waals surface area contributed by atoms with Crippen LogP contribution in [0.4, 0.5) is 0 Å². The van der Waals surface area contributed by atoms with E-state index in [-0.39, 0.29) is 11.9 Å². The van der Waals surface area contributed by atoms with Crippen LogP contribution >= 0.6 is 23.2 Å². The van der Waals surface area contributed by atoms with Gasteiger partial charge in [0.25, 0.3) is 0 Å². The number of carbonyl (C=O) groups excluding carboxylic acids is 1. The van der Waals surface area contributed by atoms with Crippen molar-refractivity contribution in [2.24, 2.45) is 5.73 Å². The summed E-state index contributed by atoms with van der Waals surface area (Å²) in [5.74, 6) is 0.147. The van der Waals surface area contributed by atoms with Crippen LogP contribution in [0.1, 0.15) is 18.4 Å². The number of benzene rings is 1. The Hall–Kier alpha value is -0.770. The molecule has 0 bridgehead atoms. The van der Waals surface area contributed by atoms with Gasteiger partial charge in [-0.2, -0.15) is 0 Å². The molecule has 1 aromatic rings. The third kappa shape index (κ3) is 3.37. The predicted molar refractivity (Wildman–Crippen MR) is 74.0 cm³/mol. The molecule has 98 valence electrons.